The van der Waals surface area contributed by atoms with Crippen LogP contribution < -0.4 is 0 Å². The minimum atomic E-state index is 0.687. The second kappa shape index (κ2) is 13.8. The van der Waals surface area contributed by atoms with Crippen LogP contribution in [0, 0.1) is 0 Å². The third-order valence-electron chi connectivity index (χ3n) is 10.9. The quantitative estimate of drug-likeness (QED) is 0.159. The molecule has 57 heavy (non-hydrogen) atoms. The third kappa shape index (κ3) is 5.78. The van der Waals surface area contributed by atoms with E-state index in [1.54, 1.807) is 0 Å². The van der Waals surface area contributed by atoms with Gasteiger partial charge >= 0.3 is 0 Å². The molecule has 266 valence electrons. The van der Waals surface area contributed by atoms with Crippen molar-refractivity contribution in [3.05, 3.63) is 200 Å². The number of aromatic nitrogens is 3. The van der Waals surface area contributed by atoms with Gasteiger partial charge in [-0.3, -0.25) is 0 Å². The highest BCUT2D eigenvalue weighted by atomic mass is 32.1. The zero-order valence-electron chi connectivity index (χ0n) is 30.8. The van der Waals surface area contributed by atoms with Gasteiger partial charge in [-0.1, -0.05) is 188 Å². The van der Waals surface area contributed by atoms with Gasteiger partial charge in [0, 0.05) is 64.1 Å². The highest BCUT2D eigenvalue weighted by Crippen LogP contribution is 2.44. The van der Waals surface area contributed by atoms with E-state index in [0.717, 1.165) is 66.9 Å². The molecule has 0 radical (unpaired) electrons. The summed E-state index contributed by atoms with van der Waals surface area (Å²) >= 11 is 1.87. The lowest BCUT2D eigenvalue weighted by molar-refractivity contribution is 1.18. The van der Waals surface area contributed by atoms with E-state index in [4.69, 9.17) is 15.0 Å². The van der Waals surface area contributed by atoms with Crippen LogP contribution in [0.3, 0.4) is 0 Å². The van der Waals surface area contributed by atoms with E-state index < -0.39 is 0 Å². The maximum atomic E-state index is 5.36. The normalized spacial score (nSPS) is 11.5. The number of hydrogen-bond donors (Lipinski definition) is 0. The Bertz CT molecular complexity index is 3190. The maximum Gasteiger partial charge on any atom is 0.160 e. The van der Waals surface area contributed by atoms with Gasteiger partial charge in [0.2, 0.25) is 0 Å². The van der Waals surface area contributed by atoms with Crippen molar-refractivity contribution in [1.29, 1.82) is 0 Å². The molecule has 11 aromatic rings. The van der Waals surface area contributed by atoms with Crippen LogP contribution in [0.15, 0.2) is 200 Å². The van der Waals surface area contributed by atoms with Gasteiger partial charge in [-0.25, -0.2) is 15.0 Å². The molecule has 0 spiro atoms. The Balaban J connectivity index is 1.10. The Kier molecular flexibility index (Phi) is 8.01. The molecule has 0 aliphatic heterocycles. The number of rotatable bonds is 6. The molecular weight excluding hydrogens is 711 g/mol. The minimum Gasteiger partial charge on any atom is -0.247 e. The van der Waals surface area contributed by atoms with Gasteiger partial charge in [-0.2, -0.15) is 0 Å². The summed E-state index contributed by atoms with van der Waals surface area (Å²) in [6.07, 6.45) is 0. The van der Waals surface area contributed by atoms with Gasteiger partial charge in [-0.05, 0) is 28.8 Å². The maximum absolute atomic E-state index is 5.36. The van der Waals surface area contributed by atoms with Crippen molar-refractivity contribution >= 4 is 53.2 Å². The average Bonchev–Trinajstić information content (AvgIpc) is 3.68. The zero-order chi connectivity index (χ0) is 37.7. The Morgan fingerprint density at radius 2 is 0.772 bits per heavy atom. The lowest BCUT2D eigenvalue weighted by atomic mass is 9.92. The molecule has 3 heterocycles. The molecular formula is C53H33N3S. The Morgan fingerprint density at radius 3 is 1.44 bits per heavy atom. The second-order valence-electron chi connectivity index (χ2n) is 14.3. The predicted octanol–water partition coefficient (Wildman–Crippen LogP) is 14.5. The monoisotopic (exact) mass is 743 g/mol. The fraction of sp³-hybridized carbons (Fsp3) is 0. The van der Waals surface area contributed by atoms with E-state index in [9.17, 15) is 0 Å². The lowest BCUT2D eigenvalue weighted by Gasteiger charge is -2.17. The summed E-state index contributed by atoms with van der Waals surface area (Å²) in [5.74, 6) is 0.687. The fourth-order valence-corrected chi connectivity index (χ4v) is 9.41. The SMILES string of the molecule is c1ccc(-c2ccc(-c3nc(-c4ccccc4)c(-c4ccc(-c5nc6ccccc6c6c5ccc5c7ccccc7sc56)cc4)c(-c4ccccc4)n3)cc2)cc1. The number of pyridine rings is 1. The summed E-state index contributed by atoms with van der Waals surface area (Å²) in [6.45, 7) is 0. The summed E-state index contributed by atoms with van der Waals surface area (Å²) in [6, 6.07) is 70.6. The average molecular weight is 744 g/mol. The number of para-hydroxylation sites is 1. The van der Waals surface area contributed by atoms with Gasteiger partial charge in [0.05, 0.1) is 22.6 Å². The van der Waals surface area contributed by atoms with E-state index in [0.29, 0.717) is 5.82 Å². The van der Waals surface area contributed by atoms with Crippen molar-refractivity contribution in [3.8, 4) is 67.4 Å². The number of thiophene rings is 1. The first-order chi connectivity index (χ1) is 28.3. The Hall–Kier alpha value is -7.27. The molecule has 4 heteroatoms. The van der Waals surface area contributed by atoms with Gasteiger partial charge in [0.15, 0.2) is 5.82 Å². The molecule has 0 bridgehead atoms. The van der Waals surface area contributed by atoms with Crippen molar-refractivity contribution < 1.29 is 0 Å². The topological polar surface area (TPSA) is 38.7 Å². The molecule has 3 aromatic heterocycles. The summed E-state index contributed by atoms with van der Waals surface area (Å²) in [4.78, 5) is 16.0. The molecule has 11 rings (SSSR count). The molecule has 0 amide bonds. The summed E-state index contributed by atoms with van der Waals surface area (Å²) in [7, 11) is 0. The van der Waals surface area contributed by atoms with Crippen LogP contribution in [0.25, 0.3) is 109 Å². The number of nitrogens with zero attached hydrogens (tertiary/aromatic N) is 3. The predicted molar refractivity (Wildman–Crippen MR) is 240 cm³/mol. The largest absolute Gasteiger partial charge is 0.247 e. The summed E-state index contributed by atoms with van der Waals surface area (Å²) < 4.78 is 2.60. The molecule has 0 aliphatic rings. The van der Waals surface area contributed by atoms with Crippen molar-refractivity contribution in [2.24, 2.45) is 0 Å². The lowest BCUT2D eigenvalue weighted by Crippen LogP contribution is -2.01. The standard InChI is InChI=1S/C53H33N3S/c1-4-14-34(15-5-1)35-24-30-40(31-25-35)53-55-50(37-16-6-2-7-17-37)47(51(56-53)38-18-8-3-9-19-38)36-26-28-39(29-27-36)49-44-33-32-42-41-20-11-13-23-46(41)57-52(42)48(44)43-21-10-12-22-45(43)54-49/h1-33H. The zero-order valence-corrected chi connectivity index (χ0v) is 31.6. The van der Waals surface area contributed by atoms with Crippen molar-refractivity contribution in [3.63, 3.8) is 0 Å². The molecule has 0 saturated carbocycles. The molecule has 8 aromatic carbocycles. The van der Waals surface area contributed by atoms with Crippen molar-refractivity contribution in [1.82, 2.24) is 15.0 Å². The molecule has 3 nitrogen and oxygen atoms in total. The molecule has 0 aliphatic carbocycles. The minimum absolute atomic E-state index is 0.687. The van der Waals surface area contributed by atoms with Crippen molar-refractivity contribution in [2.45, 2.75) is 0 Å². The summed E-state index contributed by atoms with van der Waals surface area (Å²) in [5.41, 5.74) is 12.2. The van der Waals surface area contributed by atoms with Gasteiger partial charge in [-0.15, -0.1) is 11.3 Å². The van der Waals surface area contributed by atoms with Gasteiger partial charge < -0.3 is 0 Å². The van der Waals surface area contributed by atoms with Crippen LogP contribution in [0.1, 0.15) is 0 Å². The van der Waals surface area contributed by atoms with Crippen molar-refractivity contribution in [2.75, 3.05) is 0 Å². The second-order valence-corrected chi connectivity index (χ2v) is 15.4. The van der Waals surface area contributed by atoms with E-state index in [1.165, 1.54) is 36.5 Å². The smallest absolute Gasteiger partial charge is 0.160 e. The highest BCUT2D eigenvalue weighted by molar-refractivity contribution is 7.26. The molecule has 0 saturated heterocycles. The fourth-order valence-electron chi connectivity index (χ4n) is 8.15. The van der Waals surface area contributed by atoms with Crippen LogP contribution in [-0.2, 0) is 0 Å². The number of fused-ring (bicyclic) bond motifs is 7. The first-order valence-electron chi connectivity index (χ1n) is 19.2. The van der Waals surface area contributed by atoms with Crippen LogP contribution in [0.4, 0.5) is 0 Å². The Labute approximate surface area is 334 Å². The molecule has 0 atom stereocenters. The van der Waals surface area contributed by atoms with E-state index >= 15 is 0 Å². The third-order valence-corrected chi connectivity index (χ3v) is 12.1. The summed E-state index contributed by atoms with van der Waals surface area (Å²) in [5, 5.41) is 6.18. The van der Waals surface area contributed by atoms with E-state index in [1.807, 2.05) is 29.5 Å². The number of benzene rings is 8. The first kappa shape index (κ1) is 33.1. The van der Waals surface area contributed by atoms with Crippen LogP contribution in [0.2, 0.25) is 0 Å². The van der Waals surface area contributed by atoms with Crippen LogP contribution in [0.5, 0.6) is 0 Å². The molecule has 0 N–H and O–H groups in total. The molecule has 0 fully saturated rings. The van der Waals surface area contributed by atoms with Gasteiger partial charge in [0.1, 0.15) is 0 Å². The van der Waals surface area contributed by atoms with Crippen LogP contribution in [-0.4, -0.2) is 15.0 Å². The van der Waals surface area contributed by atoms with E-state index in [-0.39, 0.29) is 0 Å². The molecule has 0 unspecified atom stereocenters. The van der Waals surface area contributed by atoms with E-state index in [2.05, 4.69) is 182 Å². The number of hydrogen-bond acceptors (Lipinski definition) is 4. The highest BCUT2D eigenvalue weighted by Gasteiger charge is 2.21. The van der Waals surface area contributed by atoms with Gasteiger partial charge in [0.25, 0.3) is 0 Å². The Morgan fingerprint density at radius 1 is 0.298 bits per heavy atom. The first-order valence-corrected chi connectivity index (χ1v) is 20.0. The van der Waals surface area contributed by atoms with Crippen LogP contribution >= 0.6 is 11.3 Å².